The maximum atomic E-state index is 4.54. The van der Waals surface area contributed by atoms with Gasteiger partial charge in [-0.05, 0) is 56.1 Å². The zero-order valence-electron chi connectivity index (χ0n) is 15.0. The van der Waals surface area contributed by atoms with E-state index in [9.17, 15) is 0 Å². The van der Waals surface area contributed by atoms with Gasteiger partial charge in [0, 0.05) is 42.4 Å². The van der Waals surface area contributed by atoms with Gasteiger partial charge in [0.15, 0.2) is 0 Å². The van der Waals surface area contributed by atoms with Crippen LogP contribution in [0.5, 0.6) is 0 Å². The van der Waals surface area contributed by atoms with Crippen molar-refractivity contribution < 1.29 is 0 Å². The lowest BCUT2D eigenvalue weighted by Gasteiger charge is -2.34. The predicted molar refractivity (Wildman–Crippen MR) is 109 cm³/mol. The number of fused-ring (bicyclic) bond motifs is 3. The van der Waals surface area contributed by atoms with Gasteiger partial charge in [-0.15, -0.1) is 11.3 Å². The van der Waals surface area contributed by atoms with Crippen LogP contribution in [0.15, 0.2) is 30.6 Å². The first-order chi connectivity index (χ1) is 12.8. The molecule has 3 aromatic rings. The van der Waals surface area contributed by atoms with Crippen molar-refractivity contribution in [2.75, 3.05) is 43.4 Å². The van der Waals surface area contributed by atoms with E-state index in [0.29, 0.717) is 0 Å². The number of anilines is 3. The number of piperazine rings is 1. The Balaban J connectivity index is 1.39. The number of aryl methyl sites for hydroxylation is 2. The van der Waals surface area contributed by atoms with E-state index < -0.39 is 0 Å². The molecule has 1 N–H and O–H groups in total. The van der Waals surface area contributed by atoms with Crippen molar-refractivity contribution in [3.8, 4) is 0 Å². The van der Waals surface area contributed by atoms with Crippen LogP contribution in [-0.4, -0.2) is 48.1 Å². The summed E-state index contributed by atoms with van der Waals surface area (Å²) in [6, 6.07) is 8.75. The Kier molecular flexibility index (Phi) is 4.02. The first kappa shape index (κ1) is 16.0. The van der Waals surface area contributed by atoms with E-state index in [1.54, 1.807) is 6.33 Å². The molecule has 3 heterocycles. The first-order valence-electron chi connectivity index (χ1n) is 9.34. The molecular weight excluding hydrogens is 342 g/mol. The maximum Gasteiger partial charge on any atom is 0.142 e. The van der Waals surface area contributed by atoms with E-state index >= 15 is 0 Å². The summed E-state index contributed by atoms with van der Waals surface area (Å²) in [7, 11) is 2.19. The molecule has 0 atom stereocenters. The van der Waals surface area contributed by atoms with Crippen molar-refractivity contribution in [1.82, 2.24) is 14.9 Å². The van der Waals surface area contributed by atoms with E-state index in [4.69, 9.17) is 0 Å². The molecule has 2 aliphatic rings. The number of hydrogen-bond donors (Lipinski definition) is 1. The largest absolute Gasteiger partial charge is 0.369 e. The minimum Gasteiger partial charge on any atom is -0.369 e. The topological polar surface area (TPSA) is 44.3 Å². The summed E-state index contributed by atoms with van der Waals surface area (Å²) in [5.41, 5.74) is 3.84. The maximum absolute atomic E-state index is 4.54. The minimum absolute atomic E-state index is 0.946. The lowest BCUT2D eigenvalue weighted by Crippen LogP contribution is -2.44. The van der Waals surface area contributed by atoms with Crippen LogP contribution in [0.25, 0.3) is 10.2 Å². The van der Waals surface area contributed by atoms with Crippen molar-refractivity contribution in [1.29, 1.82) is 0 Å². The molecule has 6 heteroatoms. The lowest BCUT2D eigenvalue weighted by molar-refractivity contribution is 0.313. The quantitative estimate of drug-likeness (QED) is 0.767. The molecule has 0 spiro atoms. The summed E-state index contributed by atoms with van der Waals surface area (Å²) in [6.07, 6.45) is 5.27. The predicted octanol–water partition coefficient (Wildman–Crippen LogP) is 3.68. The number of nitrogens with one attached hydrogen (secondary N) is 1. The molecule has 1 aliphatic heterocycles. The number of likely N-dealkylation sites (N-methyl/N-ethyl adjacent to an activating group) is 1. The first-order valence-corrected chi connectivity index (χ1v) is 10.2. The van der Waals surface area contributed by atoms with Gasteiger partial charge < -0.3 is 15.1 Å². The number of benzene rings is 1. The summed E-state index contributed by atoms with van der Waals surface area (Å²) in [5, 5.41) is 4.76. The Labute approximate surface area is 157 Å². The van der Waals surface area contributed by atoms with E-state index in [1.165, 1.54) is 34.4 Å². The normalized spacial score (nSPS) is 17.7. The molecule has 0 radical (unpaired) electrons. The molecule has 1 fully saturated rings. The Hall–Kier alpha value is -2.18. The van der Waals surface area contributed by atoms with Gasteiger partial charge in [-0.3, -0.25) is 0 Å². The lowest BCUT2D eigenvalue weighted by atomic mass is 10.2. The third-order valence-corrected chi connectivity index (χ3v) is 6.70. The number of thiophene rings is 1. The zero-order valence-corrected chi connectivity index (χ0v) is 15.9. The smallest absolute Gasteiger partial charge is 0.142 e. The number of hydrogen-bond acceptors (Lipinski definition) is 6. The van der Waals surface area contributed by atoms with E-state index in [0.717, 1.165) is 48.9 Å². The molecule has 0 bridgehead atoms. The second-order valence-electron chi connectivity index (χ2n) is 7.22. The van der Waals surface area contributed by atoms with Crippen LogP contribution in [0.3, 0.4) is 0 Å². The monoisotopic (exact) mass is 365 g/mol. The molecule has 5 nitrogen and oxygen atoms in total. The van der Waals surface area contributed by atoms with Crippen LogP contribution >= 0.6 is 11.3 Å². The third kappa shape index (κ3) is 2.83. The van der Waals surface area contributed by atoms with Gasteiger partial charge in [-0.1, -0.05) is 0 Å². The Bertz CT molecular complexity index is 925. The van der Waals surface area contributed by atoms with Gasteiger partial charge in [0.25, 0.3) is 0 Å². The molecule has 2 aromatic heterocycles. The summed E-state index contributed by atoms with van der Waals surface area (Å²) in [5.74, 6) is 0.946. The second kappa shape index (κ2) is 6.52. The summed E-state index contributed by atoms with van der Waals surface area (Å²) in [6.45, 7) is 4.44. The van der Waals surface area contributed by atoms with Gasteiger partial charge in [0.1, 0.15) is 17.0 Å². The molecule has 0 saturated carbocycles. The number of aromatic nitrogens is 2. The average Bonchev–Trinajstić information content (AvgIpc) is 3.24. The fourth-order valence-electron chi connectivity index (χ4n) is 3.98. The number of nitrogens with zero attached hydrogens (tertiary/aromatic N) is 4. The van der Waals surface area contributed by atoms with E-state index in [-0.39, 0.29) is 0 Å². The number of rotatable bonds is 3. The molecule has 1 saturated heterocycles. The fourth-order valence-corrected chi connectivity index (χ4v) is 5.21. The molecule has 1 aliphatic carbocycles. The fraction of sp³-hybridized carbons (Fsp3) is 0.400. The van der Waals surface area contributed by atoms with Crippen LogP contribution in [0.2, 0.25) is 0 Å². The standard InChI is InChI=1S/C20H23N5S/c1-24-9-11-25(12-10-24)15-7-5-14(6-8-15)23-19-18-16-3-2-4-17(16)26-20(18)22-13-21-19/h5-8,13H,2-4,9-12H2,1H3,(H,21,22,23). The molecule has 5 rings (SSSR count). The summed E-state index contributed by atoms with van der Waals surface area (Å²) in [4.78, 5) is 16.5. The highest BCUT2D eigenvalue weighted by Gasteiger charge is 2.21. The van der Waals surface area contributed by atoms with Crippen LogP contribution in [0, 0.1) is 0 Å². The highest BCUT2D eigenvalue weighted by molar-refractivity contribution is 7.19. The average molecular weight is 366 g/mol. The van der Waals surface area contributed by atoms with Crippen LogP contribution < -0.4 is 10.2 Å². The summed E-state index contributed by atoms with van der Waals surface area (Å²) < 4.78 is 0. The van der Waals surface area contributed by atoms with Crippen molar-refractivity contribution in [3.05, 3.63) is 41.0 Å². The molecule has 1 aromatic carbocycles. The molecule has 26 heavy (non-hydrogen) atoms. The van der Waals surface area contributed by atoms with Gasteiger partial charge in [-0.25, -0.2) is 9.97 Å². The third-order valence-electron chi connectivity index (χ3n) is 5.50. The van der Waals surface area contributed by atoms with Crippen molar-refractivity contribution in [2.24, 2.45) is 0 Å². The van der Waals surface area contributed by atoms with E-state index in [1.807, 2.05) is 11.3 Å². The van der Waals surface area contributed by atoms with Gasteiger partial charge in [-0.2, -0.15) is 0 Å². The van der Waals surface area contributed by atoms with Crippen molar-refractivity contribution >= 4 is 38.7 Å². The van der Waals surface area contributed by atoms with Gasteiger partial charge in [0.05, 0.1) is 5.39 Å². The van der Waals surface area contributed by atoms with Crippen molar-refractivity contribution in [2.45, 2.75) is 19.3 Å². The van der Waals surface area contributed by atoms with Crippen LogP contribution in [0.1, 0.15) is 16.9 Å². The van der Waals surface area contributed by atoms with Gasteiger partial charge in [0.2, 0.25) is 0 Å². The Morgan fingerprint density at radius 3 is 2.62 bits per heavy atom. The highest BCUT2D eigenvalue weighted by Crippen LogP contribution is 2.39. The zero-order chi connectivity index (χ0) is 17.5. The molecular formula is C20H23N5S. The van der Waals surface area contributed by atoms with Crippen molar-refractivity contribution in [3.63, 3.8) is 0 Å². The van der Waals surface area contributed by atoms with Crippen LogP contribution in [0.4, 0.5) is 17.2 Å². The van der Waals surface area contributed by atoms with Crippen LogP contribution in [-0.2, 0) is 12.8 Å². The highest BCUT2D eigenvalue weighted by atomic mass is 32.1. The minimum atomic E-state index is 0.946. The Morgan fingerprint density at radius 2 is 1.81 bits per heavy atom. The van der Waals surface area contributed by atoms with E-state index in [2.05, 4.69) is 56.4 Å². The Morgan fingerprint density at radius 1 is 1.00 bits per heavy atom. The molecule has 134 valence electrons. The second-order valence-corrected chi connectivity index (χ2v) is 8.31. The molecule has 0 amide bonds. The van der Waals surface area contributed by atoms with Gasteiger partial charge >= 0.3 is 0 Å². The SMILES string of the molecule is CN1CCN(c2ccc(Nc3ncnc4sc5c(c34)CCC5)cc2)CC1. The molecule has 0 unspecified atom stereocenters. The summed E-state index contributed by atoms with van der Waals surface area (Å²) >= 11 is 1.83.